The Morgan fingerprint density at radius 1 is 1.10 bits per heavy atom. The first-order chi connectivity index (χ1) is 13.2. The molecule has 5 nitrogen and oxygen atoms in total. The maximum atomic E-state index is 14.3. The zero-order valence-corrected chi connectivity index (χ0v) is 22.1. The molecule has 1 aromatic heterocycles. The van der Waals surface area contributed by atoms with Crippen LogP contribution in [0.2, 0.25) is 18.1 Å². The van der Waals surface area contributed by atoms with Crippen molar-refractivity contribution < 1.29 is 22.2 Å². The van der Waals surface area contributed by atoms with Crippen LogP contribution in [-0.4, -0.2) is 39.4 Å². The lowest BCUT2D eigenvalue weighted by atomic mass is 9.64. The van der Waals surface area contributed by atoms with Gasteiger partial charge >= 0.3 is 6.18 Å². The number of hydrogen-bond donors (Lipinski definition) is 1. The summed E-state index contributed by atoms with van der Waals surface area (Å²) in [4.78, 5) is 8.47. The highest BCUT2D eigenvalue weighted by Gasteiger charge is 2.73. The Bertz CT molecular complexity index is 758. The van der Waals surface area contributed by atoms with Crippen LogP contribution >= 0.6 is 15.9 Å². The van der Waals surface area contributed by atoms with Gasteiger partial charge in [-0.15, -0.1) is 4.72 Å². The maximum Gasteiger partial charge on any atom is 0.416 e. The average Bonchev–Trinajstić information content (AvgIpc) is 2.49. The summed E-state index contributed by atoms with van der Waals surface area (Å²) in [6, 6.07) is 0. The molecule has 1 heterocycles. The van der Waals surface area contributed by atoms with Gasteiger partial charge in [0.15, 0.2) is 19.7 Å². The van der Waals surface area contributed by atoms with E-state index < -0.39 is 54.6 Å². The number of nitrogens with one attached hydrogen (secondary N) is 1. The maximum absolute atomic E-state index is 14.3. The van der Waals surface area contributed by atoms with Gasteiger partial charge in [-0.3, -0.25) is 0 Å². The molecule has 0 amide bonds. The molecule has 1 fully saturated rings. The molecule has 0 radical (unpaired) electrons. The van der Waals surface area contributed by atoms with Crippen LogP contribution in [0.1, 0.15) is 60.2 Å². The van der Waals surface area contributed by atoms with Gasteiger partial charge in [-0.05, 0) is 54.8 Å². The molecule has 0 bridgehead atoms. The minimum Gasteiger partial charge on any atom is -0.598 e. The summed E-state index contributed by atoms with van der Waals surface area (Å²) >= 11 is 1.63. The third-order valence-corrected chi connectivity index (χ3v) is 12.5. The Morgan fingerprint density at radius 3 is 1.93 bits per heavy atom. The zero-order valence-electron chi connectivity index (χ0n) is 18.7. The van der Waals surface area contributed by atoms with Gasteiger partial charge in [0.2, 0.25) is 0 Å². The van der Waals surface area contributed by atoms with E-state index >= 15 is 0 Å². The predicted molar refractivity (Wildman–Crippen MR) is 119 cm³/mol. The molecule has 1 saturated carbocycles. The van der Waals surface area contributed by atoms with E-state index in [-0.39, 0.29) is 10.9 Å². The number of hydrogen-bond acceptors (Lipinski definition) is 5. The van der Waals surface area contributed by atoms with E-state index in [1.807, 2.05) is 20.8 Å². The van der Waals surface area contributed by atoms with Crippen molar-refractivity contribution >= 4 is 35.6 Å². The molecule has 30 heavy (non-hydrogen) atoms. The Morgan fingerprint density at radius 2 is 1.57 bits per heavy atom. The van der Waals surface area contributed by atoms with Crippen LogP contribution in [0.5, 0.6) is 0 Å². The normalized spacial score (nSPS) is 27.0. The summed E-state index contributed by atoms with van der Waals surface area (Å²) in [7, 11) is -2.74. The van der Waals surface area contributed by atoms with Crippen molar-refractivity contribution in [1.29, 1.82) is 0 Å². The van der Waals surface area contributed by atoms with Gasteiger partial charge in [-0.25, -0.2) is 9.97 Å². The molecule has 172 valence electrons. The van der Waals surface area contributed by atoms with E-state index in [2.05, 4.69) is 30.6 Å². The van der Waals surface area contributed by atoms with Crippen LogP contribution in [0.25, 0.3) is 0 Å². The molecule has 1 unspecified atom stereocenters. The molecule has 1 aliphatic carbocycles. The standard InChI is InChI=1S/C19H31BrF3N3O2SSi/c1-15(2,3)29(27)26-17(14-24-9-13(20)10-25-14)11-18(12-17,19(21,22)23)28-30(7,8)16(4,5)6/h9-10,26H,11-12H2,1-8H3. The molecule has 0 aliphatic heterocycles. The van der Waals surface area contributed by atoms with E-state index in [1.165, 1.54) is 12.4 Å². The summed E-state index contributed by atoms with van der Waals surface area (Å²) < 4.78 is 64.6. The molecule has 11 heteroatoms. The van der Waals surface area contributed by atoms with Gasteiger partial charge in [0.25, 0.3) is 0 Å². The topological polar surface area (TPSA) is 70.1 Å². The number of halogens is 4. The largest absolute Gasteiger partial charge is 0.598 e. The molecule has 1 aliphatic rings. The minimum atomic E-state index is -4.58. The number of nitrogens with zero attached hydrogens (tertiary/aromatic N) is 2. The van der Waals surface area contributed by atoms with E-state index in [4.69, 9.17) is 4.43 Å². The van der Waals surface area contributed by atoms with E-state index in [9.17, 15) is 17.7 Å². The highest BCUT2D eigenvalue weighted by Crippen LogP contribution is 2.59. The first-order valence-electron chi connectivity index (χ1n) is 9.69. The second-order valence-electron chi connectivity index (χ2n) is 10.5. The van der Waals surface area contributed by atoms with Crippen LogP contribution in [0.3, 0.4) is 0 Å². The van der Waals surface area contributed by atoms with Crippen LogP contribution in [0, 0.1) is 0 Å². The first-order valence-corrected chi connectivity index (χ1v) is 14.5. The monoisotopic (exact) mass is 529 g/mol. The second kappa shape index (κ2) is 7.98. The smallest absolute Gasteiger partial charge is 0.416 e. The fraction of sp³-hybridized carbons (Fsp3) is 0.789. The summed E-state index contributed by atoms with van der Waals surface area (Å²) in [6.07, 6.45) is -2.48. The second-order valence-corrected chi connectivity index (χ2v) is 18.1. The zero-order chi connectivity index (χ0) is 23.4. The predicted octanol–water partition coefficient (Wildman–Crippen LogP) is 5.60. The Kier molecular flexibility index (Phi) is 6.93. The SMILES string of the molecule is CC(C)(C)[S+]([O-])NC1(c2ncc(Br)cn2)CC(O[Si](C)(C)C(C)(C)C)(C(F)(F)F)C1. The highest BCUT2D eigenvalue weighted by molar-refractivity contribution is 9.10. The van der Waals surface area contributed by atoms with E-state index in [0.717, 1.165) is 0 Å². The Balaban J connectivity index is 2.48. The van der Waals surface area contributed by atoms with Crippen LogP contribution < -0.4 is 4.72 Å². The highest BCUT2D eigenvalue weighted by atomic mass is 79.9. The minimum absolute atomic E-state index is 0.182. The lowest BCUT2D eigenvalue weighted by molar-refractivity contribution is -0.299. The lowest BCUT2D eigenvalue weighted by Crippen LogP contribution is -2.73. The van der Waals surface area contributed by atoms with E-state index in [1.54, 1.807) is 33.9 Å². The summed E-state index contributed by atoms with van der Waals surface area (Å²) in [5, 5.41) is -0.390. The van der Waals surface area contributed by atoms with Crippen LogP contribution in [0.4, 0.5) is 13.2 Å². The fourth-order valence-corrected chi connectivity index (χ4v) is 5.71. The van der Waals surface area contributed by atoms with Crippen molar-refractivity contribution in [3.63, 3.8) is 0 Å². The van der Waals surface area contributed by atoms with Crippen LogP contribution in [0.15, 0.2) is 16.9 Å². The molecule has 0 spiro atoms. The lowest BCUT2D eigenvalue weighted by Gasteiger charge is -2.58. The number of alkyl halides is 3. The first kappa shape index (κ1) is 26.1. The van der Waals surface area contributed by atoms with E-state index in [0.29, 0.717) is 4.47 Å². The molecule has 0 saturated heterocycles. The molecular weight excluding hydrogens is 499 g/mol. The van der Waals surface area contributed by atoms with Crippen molar-refractivity contribution in [3.05, 3.63) is 22.7 Å². The molecule has 1 atom stereocenters. The Hall–Kier alpha value is -0.203. The van der Waals surface area contributed by atoms with Crippen molar-refractivity contribution in [2.75, 3.05) is 0 Å². The summed E-state index contributed by atoms with van der Waals surface area (Å²) in [5.74, 6) is 0.182. The summed E-state index contributed by atoms with van der Waals surface area (Å²) in [5.41, 5.74) is -3.63. The van der Waals surface area contributed by atoms with Gasteiger partial charge < -0.3 is 8.98 Å². The Labute approximate surface area is 189 Å². The van der Waals surface area contributed by atoms with Crippen molar-refractivity contribution in [2.24, 2.45) is 0 Å². The molecule has 0 aromatic carbocycles. The van der Waals surface area contributed by atoms with Crippen LogP contribution in [-0.2, 0) is 21.3 Å². The number of aromatic nitrogens is 2. The average molecular weight is 531 g/mol. The molecule has 1 N–H and O–H groups in total. The summed E-state index contributed by atoms with van der Waals surface area (Å²) in [6.45, 7) is 14.6. The van der Waals surface area contributed by atoms with Crippen molar-refractivity contribution in [3.8, 4) is 0 Å². The van der Waals surface area contributed by atoms with Gasteiger partial charge in [0.05, 0.1) is 4.47 Å². The third kappa shape index (κ3) is 5.06. The third-order valence-electron chi connectivity index (χ3n) is 5.84. The van der Waals surface area contributed by atoms with Crippen molar-refractivity contribution in [2.45, 2.75) is 94.6 Å². The number of rotatable bonds is 5. The molecule has 2 rings (SSSR count). The van der Waals surface area contributed by atoms with Crippen molar-refractivity contribution in [1.82, 2.24) is 14.7 Å². The fourth-order valence-electron chi connectivity index (χ4n) is 3.06. The quantitative estimate of drug-likeness (QED) is 0.396. The van der Waals surface area contributed by atoms with Gasteiger partial charge in [0, 0.05) is 36.6 Å². The van der Waals surface area contributed by atoms with Gasteiger partial charge in [-0.2, -0.15) is 13.2 Å². The van der Waals surface area contributed by atoms with Gasteiger partial charge in [-0.1, -0.05) is 20.8 Å². The van der Waals surface area contributed by atoms with Gasteiger partial charge in [0.1, 0.15) is 10.3 Å². The molecule has 1 aromatic rings. The molecular formula is C19H31BrF3N3O2SSi.